The normalized spacial score (nSPS) is 10.5. The van der Waals surface area contributed by atoms with Crippen LogP contribution in [0.3, 0.4) is 0 Å². The van der Waals surface area contributed by atoms with E-state index in [0.29, 0.717) is 19.6 Å². The van der Waals surface area contributed by atoms with Crippen LogP contribution in [0.1, 0.15) is 16.7 Å². The van der Waals surface area contributed by atoms with Gasteiger partial charge in [-0.05, 0) is 28.8 Å². The van der Waals surface area contributed by atoms with Crippen LogP contribution in [-0.4, -0.2) is 12.4 Å². The molecule has 132 valence electrons. The summed E-state index contributed by atoms with van der Waals surface area (Å²) >= 11 is 0. The van der Waals surface area contributed by atoms with E-state index in [0.717, 1.165) is 22.4 Å². The van der Waals surface area contributed by atoms with Crippen LogP contribution in [0.15, 0.2) is 84.9 Å². The number of hydrogen-bond acceptors (Lipinski definition) is 3. The molecule has 0 aliphatic carbocycles. The maximum absolute atomic E-state index is 12.0. The first-order chi connectivity index (χ1) is 12.8. The molecule has 0 heterocycles. The zero-order chi connectivity index (χ0) is 18.0. The van der Waals surface area contributed by atoms with Crippen LogP contribution in [0.5, 0.6) is 5.75 Å². The van der Waals surface area contributed by atoms with Crippen LogP contribution >= 0.6 is 0 Å². The summed E-state index contributed by atoms with van der Waals surface area (Å²) < 4.78 is 11.2. The lowest BCUT2D eigenvalue weighted by Gasteiger charge is -2.08. The van der Waals surface area contributed by atoms with Gasteiger partial charge in [0.25, 0.3) is 0 Å². The van der Waals surface area contributed by atoms with Crippen LogP contribution in [0.2, 0.25) is 0 Å². The van der Waals surface area contributed by atoms with Gasteiger partial charge in [-0.2, -0.15) is 0 Å². The van der Waals surface area contributed by atoms with Gasteiger partial charge in [-0.1, -0.05) is 72.8 Å². The Morgan fingerprint density at radius 1 is 0.654 bits per heavy atom. The van der Waals surface area contributed by atoms with Gasteiger partial charge in [0.1, 0.15) is 19.0 Å². The van der Waals surface area contributed by atoms with E-state index in [4.69, 9.17) is 9.47 Å². The average Bonchev–Trinajstić information content (AvgIpc) is 2.69. The summed E-state index contributed by atoms with van der Waals surface area (Å²) in [5.74, 6) is 0.865. The molecule has 3 rings (SSSR count). The molecule has 3 aromatic rings. The second kappa shape index (κ2) is 9.54. The number of ketones is 1. The first-order valence-electron chi connectivity index (χ1n) is 8.68. The number of carbonyl (C=O) groups excluding carboxylic acids is 1. The molecule has 0 aromatic heterocycles. The predicted molar refractivity (Wildman–Crippen MR) is 102 cm³/mol. The summed E-state index contributed by atoms with van der Waals surface area (Å²) in [7, 11) is 0. The molecule has 0 aliphatic heterocycles. The molecule has 26 heavy (non-hydrogen) atoms. The molecule has 0 saturated carbocycles. The van der Waals surface area contributed by atoms with Crippen molar-refractivity contribution in [2.75, 3.05) is 6.61 Å². The quantitative estimate of drug-likeness (QED) is 0.568. The summed E-state index contributed by atoms with van der Waals surface area (Å²) in [5.41, 5.74) is 3.16. The van der Waals surface area contributed by atoms with Gasteiger partial charge in [-0.15, -0.1) is 0 Å². The summed E-state index contributed by atoms with van der Waals surface area (Å²) in [6.07, 6.45) is 0.369. The van der Waals surface area contributed by atoms with Crippen LogP contribution in [0.25, 0.3) is 0 Å². The summed E-state index contributed by atoms with van der Waals surface area (Å²) in [6.45, 7) is 1.12. The number of carbonyl (C=O) groups is 1. The van der Waals surface area contributed by atoms with E-state index in [9.17, 15) is 4.79 Å². The van der Waals surface area contributed by atoms with E-state index in [2.05, 4.69) is 0 Å². The molecule has 3 aromatic carbocycles. The highest BCUT2D eigenvalue weighted by Crippen LogP contribution is 2.15. The monoisotopic (exact) mass is 346 g/mol. The summed E-state index contributed by atoms with van der Waals surface area (Å²) in [4.78, 5) is 12.0. The van der Waals surface area contributed by atoms with Crippen molar-refractivity contribution in [3.8, 4) is 5.75 Å². The van der Waals surface area contributed by atoms with E-state index >= 15 is 0 Å². The van der Waals surface area contributed by atoms with Crippen LogP contribution in [-0.2, 0) is 29.2 Å². The van der Waals surface area contributed by atoms with Gasteiger partial charge >= 0.3 is 0 Å². The first kappa shape index (κ1) is 17.9. The van der Waals surface area contributed by atoms with Crippen molar-refractivity contribution in [1.29, 1.82) is 0 Å². The third kappa shape index (κ3) is 5.87. The van der Waals surface area contributed by atoms with Crippen molar-refractivity contribution < 1.29 is 14.3 Å². The fraction of sp³-hybridized carbons (Fsp3) is 0.174. The minimum atomic E-state index is 0.0684. The smallest absolute Gasteiger partial charge is 0.162 e. The van der Waals surface area contributed by atoms with Crippen molar-refractivity contribution in [2.24, 2.45) is 0 Å². The Morgan fingerprint density at radius 2 is 1.23 bits per heavy atom. The van der Waals surface area contributed by atoms with Crippen molar-refractivity contribution in [1.82, 2.24) is 0 Å². The molecule has 0 N–H and O–H groups in total. The lowest BCUT2D eigenvalue weighted by molar-refractivity contribution is -0.123. The van der Waals surface area contributed by atoms with Crippen LogP contribution in [0, 0.1) is 0 Å². The minimum absolute atomic E-state index is 0.0684. The lowest BCUT2D eigenvalue weighted by atomic mass is 10.1. The molecule has 0 saturated heterocycles. The van der Waals surface area contributed by atoms with Crippen LogP contribution in [0.4, 0.5) is 0 Å². The van der Waals surface area contributed by atoms with Crippen LogP contribution < -0.4 is 4.74 Å². The maximum atomic E-state index is 12.0. The molecule has 0 radical (unpaired) electrons. The number of Topliss-reactive ketones (excluding diaryl/α,β-unsaturated/α-hetero) is 1. The minimum Gasteiger partial charge on any atom is -0.489 e. The van der Waals surface area contributed by atoms with Crippen molar-refractivity contribution >= 4 is 5.78 Å². The van der Waals surface area contributed by atoms with Crippen molar-refractivity contribution in [3.05, 3.63) is 102 Å². The number of rotatable bonds is 9. The zero-order valence-corrected chi connectivity index (χ0v) is 14.6. The van der Waals surface area contributed by atoms with Gasteiger partial charge in [-0.25, -0.2) is 0 Å². The zero-order valence-electron chi connectivity index (χ0n) is 14.6. The van der Waals surface area contributed by atoms with Gasteiger partial charge < -0.3 is 9.47 Å². The molecule has 0 bridgehead atoms. The molecule has 0 atom stereocenters. The van der Waals surface area contributed by atoms with Crippen molar-refractivity contribution in [3.63, 3.8) is 0 Å². The largest absolute Gasteiger partial charge is 0.489 e. The third-order valence-electron chi connectivity index (χ3n) is 3.95. The molecule has 0 spiro atoms. The predicted octanol–water partition coefficient (Wildman–Crippen LogP) is 4.59. The molecule has 0 fully saturated rings. The summed E-state index contributed by atoms with van der Waals surface area (Å²) in [6, 6.07) is 27.5. The summed E-state index contributed by atoms with van der Waals surface area (Å²) in [5, 5.41) is 0. The van der Waals surface area contributed by atoms with Gasteiger partial charge in [-0.3, -0.25) is 4.79 Å². The molecule has 3 nitrogen and oxygen atoms in total. The van der Waals surface area contributed by atoms with Gasteiger partial charge in [0.05, 0.1) is 6.61 Å². The maximum Gasteiger partial charge on any atom is 0.162 e. The first-order valence-corrected chi connectivity index (χ1v) is 8.68. The molecule has 0 unspecified atom stereocenters. The van der Waals surface area contributed by atoms with E-state index in [-0.39, 0.29) is 12.4 Å². The highest BCUT2D eigenvalue weighted by molar-refractivity contribution is 5.82. The Morgan fingerprint density at radius 3 is 1.85 bits per heavy atom. The molecule has 0 amide bonds. The number of hydrogen-bond donors (Lipinski definition) is 0. The standard InChI is InChI=1S/C23H22O3/c24-22(18-25-16-20-7-3-1-4-8-20)15-19-11-13-23(14-12-19)26-17-21-9-5-2-6-10-21/h1-14H,15-18H2. The van der Waals surface area contributed by atoms with E-state index in [1.165, 1.54) is 0 Å². The Bertz CT molecular complexity index is 796. The SMILES string of the molecule is O=C(COCc1ccccc1)Cc1ccc(OCc2ccccc2)cc1. The fourth-order valence-corrected chi connectivity index (χ4v) is 2.58. The molecule has 0 aliphatic rings. The van der Waals surface area contributed by atoms with Gasteiger partial charge in [0.2, 0.25) is 0 Å². The molecule has 3 heteroatoms. The number of benzene rings is 3. The second-order valence-corrected chi connectivity index (χ2v) is 6.11. The van der Waals surface area contributed by atoms with E-state index in [1.54, 1.807) is 0 Å². The average molecular weight is 346 g/mol. The van der Waals surface area contributed by atoms with E-state index in [1.807, 2.05) is 84.9 Å². The molecular formula is C23H22O3. The Hall–Kier alpha value is -2.91. The second-order valence-electron chi connectivity index (χ2n) is 6.11. The molecular weight excluding hydrogens is 324 g/mol. The van der Waals surface area contributed by atoms with Crippen molar-refractivity contribution in [2.45, 2.75) is 19.6 Å². The van der Waals surface area contributed by atoms with Gasteiger partial charge in [0.15, 0.2) is 5.78 Å². The van der Waals surface area contributed by atoms with Gasteiger partial charge in [0, 0.05) is 6.42 Å². The van der Waals surface area contributed by atoms with E-state index < -0.39 is 0 Å². The third-order valence-corrected chi connectivity index (χ3v) is 3.95. The fourth-order valence-electron chi connectivity index (χ4n) is 2.58. The Labute approximate surface area is 154 Å². The Kier molecular flexibility index (Phi) is 6.57. The Balaban J connectivity index is 1.41. The number of ether oxygens (including phenoxy) is 2. The lowest BCUT2D eigenvalue weighted by Crippen LogP contribution is -2.11. The topological polar surface area (TPSA) is 35.5 Å². The highest BCUT2D eigenvalue weighted by Gasteiger charge is 2.05. The highest BCUT2D eigenvalue weighted by atomic mass is 16.5.